The predicted molar refractivity (Wildman–Crippen MR) is 97.5 cm³/mol. The minimum Gasteiger partial charge on any atom is -0.497 e. The molecule has 1 amide bonds. The van der Waals surface area contributed by atoms with Crippen LogP contribution >= 0.6 is 0 Å². The Morgan fingerprint density at radius 2 is 2.04 bits per heavy atom. The van der Waals surface area contributed by atoms with Crippen molar-refractivity contribution in [2.45, 2.75) is 32.1 Å². The summed E-state index contributed by atoms with van der Waals surface area (Å²) in [5, 5.41) is 3.96. The summed E-state index contributed by atoms with van der Waals surface area (Å²) in [5.41, 5.74) is 0.950. The lowest BCUT2D eigenvalue weighted by molar-refractivity contribution is -0.130. The number of carbonyl (C=O) groups is 1. The molecule has 2 saturated heterocycles. The van der Waals surface area contributed by atoms with Gasteiger partial charge in [0.05, 0.1) is 19.4 Å². The molecule has 144 valence electrons. The molecule has 2 aliphatic rings. The Morgan fingerprint density at radius 3 is 2.67 bits per heavy atom. The lowest BCUT2D eigenvalue weighted by Gasteiger charge is -2.36. The summed E-state index contributed by atoms with van der Waals surface area (Å²) in [6.45, 7) is 4.59. The van der Waals surface area contributed by atoms with E-state index in [1.54, 1.807) is 7.11 Å². The minimum absolute atomic E-state index is 0.0349. The van der Waals surface area contributed by atoms with E-state index in [9.17, 15) is 4.79 Å². The van der Waals surface area contributed by atoms with Gasteiger partial charge >= 0.3 is 0 Å². The van der Waals surface area contributed by atoms with E-state index in [-0.39, 0.29) is 17.2 Å². The molecule has 0 radical (unpaired) electrons. The fourth-order valence-corrected chi connectivity index (χ4v) is 4.27. The molecule has 7 nitrogen and oxygen atoms in total. The molecule has 1 aromatic carbocycles. The van der Waals surface area contributed by atoms with Gasteiger partial charge in [0.2, 0.25) is 11.8 Å². The number of aryl methyl sites for hydroxylation is 1. The number of carbonyl (C=O) groups excluding carboxylic acids is 1. The molecule has 0 bridgehead atoms. The summed E-state index contributed by atoms with van der Waals surface area (Å²) in [4.78, 5) is 19.4. The Morgan fingerprint density at radius 1 is 1.30 bits per heavy atom. The van der Waals surface area contributed by atoms with Gasteiger partial charge in [-0.2, -0.15) is 4.98 Å². The number of benzene rings is 1. The summed E-state index contributed by atoms with van der Waals surface area (Å²) < 4.78 is 16.3. The number of methoxy groups -OCH3 is 1. The van der Waals surface area contributed by atoms with E-state index < -0.39 is 0 Å². The van der Waals surface area contributed by atoms with Gasteiger partial charge in [-0.05, 0) is 37.5 Å². The van der Waals surface area contributed by atoms with Crippen LogP contribution in [0, 0.1) is 12.3 Å². The second kappa shape index (κ2) is 7.31. The average molecular weight is 371 g/mol. The van der Waals surface area contributed by atoms with Crippen molar-refractivity contribution in [1.82, 2.24) is 15.0 Å². The molecule has 0 saturated carbocycles. The fraction of sp³-hybridized carbons (Fsp3) is 0.550. The van der Waals surface area contributed by atoms with Crippen LogP contribution in [-0.2, 0) is 16.0 Å². The van der Waals surface area contributed by atoms with Crippen molar-refractivity contribution in [3.8, 4) is 5.75 Å². The van der Waals surface area contributed by atoms with Crippen molar-refractivity contribution in [3.63, 3.8) is 0 Å². The molecule has 3 heterocycles. The van der Waals surface area contributed by atoms with Gasteiger partial charge < -0.3 is 18.9 Å². The van der Waals surface area contributed by atoms with Gasteiger partial charge in [-0.15, -0.1) is 0 Å². The minimum atomic E-state index is -0.0349. The van der Waals surface area contributed by atoms with Gasteiger partial charge in [0.25, 0.3) is 0 Å². The third-order valence-corrected chi connectivity index (χ3v) is 5.84. The number of ether oxygens (including phenoxy) is 2. The quantitative estimate of drug-likeness (QED) is 0.821. The Hall–Kier alpha value is -2.41. The second-order valence-corrected chi connectivity index (χ2v) is 7.51. The highest BCUT2D eigenvalue weighted by Crippen LogP contribution is 2.49. The number of hydrogen-bond acceptors (Lipinski definition) is 6. The maximum Gasteiger partial charge on any atom is 0.232 e. The van der Waals surface area contributed by atoms with Crippen LogP contribution in [0.25, 0.3) is 0 Å². The van der Waals surface area contributed by atoms with Crippen molar-refractivity contribution >= 4 is 5.91 Å². The first-order valence-electron chi connectivity index (χ1n) is 9.38. The molecule has 1 aromatic heterocycles. The fourth-order valence-electron chi connectivity index (χ4n) is 4.27. The van der Waals surface area contributed by atoms with E-state index in [0.29, 0.717) is 37.9 Å². The van der Waals surface area contributed by atoms with Crippen LogP contribution in [0.2, 0.25) is 0 Å². The van der Waals surface area contributed by atoms with Crippen LogP contribution in [0.1, 0.15) is 36.0 Å². The highest BCUT2D eigenvalue weighted by molar-refractivity contribution is 5.79. The molecule has 2 aromatic rings. The SMILES string of the molecule is COc1ccc(CC(=O)N2CC(c3nc(C)no3)C3(CCOCC3)C2)cc1. The first kappa shape index (κ1) is 18.0. The molecule has 1 unspecified atom stereocenters. The first-order valence-corrected chi connectivity index (χ1v) is 9.38. The van der Waals surface area contributed by atoms with Gasteiger partial charge in [0, 0.05) is 31.7 Å². The lowest BCUT2D eigenvalue weighted by atomic mass is 9.72. The smallest absolute Gasteiger partial charge is 0.232 e. The summed E-state index contributed by atoms with van der Waals surface area (Å²) in [6, 6.07) is 7.65. The number of likely N-dealkylation sites (tertiary alicyclic amines) is 1. The van der Waals surface area contributed by atoms with Crippen LogP contribution < -0.4 is 4.74 Å². The topological polar surface area (TPSA) is 77.7 Å². The molecule has 4 rings (SSSR count). The zero-order valence-corrected chi connectivity index (χ0v) is 15.8. The molecule has 2 fully saturated rings. The Balaban J connectivity index is 1.52. The molecule has 0 aliphatic carbocycles. The number of amides is 1. The average Bonchev–Trinajstić information content (AvgIpc) is 3.27. The second-order valence-electron chi connectivity index (χ2n) is 7.51. The predicted octanol–water partition coefficient (Wildman–Crippen LogP) is 2.35. The van der Waals surface area contributed by atoms with Gasteiger partial charge in [-0.3, -0.25) is 4.79 Å². The van der Waals surface area contributed by atoms with Gasteiger partial charge in [-0.25, -0.2) is 0 Å². The maximum atomic E-state index is 13.0. The summed E-state index contributed by atoms with van der Waals surface area (Å²) in [5.74, 6) is 2.27. The van der Waals surface area contributed by atoms with Crippen LogP contribution in [0.4, 0.5) is 0 Å². The van der Waals surface area contributed by atoms with Crippen molar-refractivity contribution in [2.75, 3.05) is 33.4 Å². The monoisotopic (exact) mass is 371 g/mol. The van der Waals surface area contributed by atoms with E-state index >= 15 is 0 Å². The van der Waals surface area contributed by atoms with Gasteiger partial charge in [0.1, 0.15) is 5.75 Å². The standard InChI is InChI=1S/C20H25N3O4/c1-14-21-19(27-22-14)17-12-23(13-20(17)7-9-26-10-8-20)18(24)11-15-3-5-16(25-2)6-4-15/h3-6,17H,7-13H2,1-2H3. The molecule has 27 heavy (non-hydrogen) atoms. The van der Waals surface area contributed by atoms with E-state index in [1.165, 1.54) is 0 Å². The number of hydrogen-bond donors (Lipinski definition) is 0. The van der Waals surface area contributed by atoms with Gasteiger partial charge in [0.15, 0.2) is 5.82 Å². The van der Waals surface area contributed by atoms with Crippen LogP contribution in [-0.4, -0.2) is 54.4 Å². The summed E-state index contributed by atoms with van der Waals surface area (Å²) >= 11 is 0. The summed E-state index contributed by atoms with van der Waals surface area (Å²) in [7, 11) is 1.64. The Kier molecular flexibility index (Phi) is 4.86. The van der Waals surface area contributed by atoms with Crippen LogP contribution in [0.15, 0.2) is 28.8 Å². The zero-order chi connectivity index (χ0) is 18.9. The van der Waals surface area contributed by atoms with Crippen molar-refractivity contribution in [1.29, 1.82) is 0 Å². The normalized spacial score (nSPS) is 21.6. The van der Waals surface area contributed by atoms with Gasteiger partial charge in [-0.1, -0.05) is 17.3 Å². The summed E-state index contributed by atoms with van der Waals surface area (Å²) in [6.07, 6.45) is 2.20. The third-order valence-electron chi connectivity index (χ3n) is 5.84. The van der Waals surface area contributed by atoms with Crippen molar-refractivity contribution in [3.05, 3.63) is 41.5 Å². The van der Waals surface area contributed by atoms with Crippen molar-refractivity contribution in [2.24, 2.45) is 5.41 Å². The number of aromatic nitrogens is 2. The maximum absolute atomic E-state index is 13.0. The zero-order valence-electron chi connectivity index (χ0n) is 15.8. The molecule has 2 aliphatic heterocycles. The Bertz CT molecular complexity index is 796. The van der Waals surface area contributed by atoms with Crippen LogP contribution in [0.3, 0.4) is 0 Å². The molecular formula is C20H25N3O4. The van der Waals surface area contributed by atoms with E-state index in [0.717, 1.165) is 30.7 Å². The van der Waals surface area contributed by atoms with E-state index in [1.807, 2.05) is 36.1 Å². The molecule has 1 atom stereocenters. The largest absolute Gasteiger partial charge is 0.497 e. The first-order chi connectivity index (χ1) is 13.1. The lowest BCUT2D eigenvalue weighted by Crippen LogP contribution is -2.37. The third kappa shape index (κ3) is 3.56. The van der Waals surface area contributed by atoms with Crippen LogP contribution in [0.5, 0.6) is 5.75 Å². The van der Waals surface area contributed by atoms with E-state index in [2.05, 4.69) is 10.1 Å². The molecule has 0 N–H and O–H groups in total. The highest BCUT2D eigenvalue weighted by atomic mass is 16.5. The van der Waals surface area contributed by atoms with E-state index in [4.69, 9.17) is 14.0 Å². The molecule has 7 heteroatoms. The highest BCUT2D eigenvalue weighted by Gasteiger charge is 2.51. The molecule has 1 spiro atoms. The number of rotatable bonds is 4. The Labute approximate surface area is 158 Å². The molecular weight excluding hydrogens is 346 g/mol. The number of nitrogens with zero attached hydrogens (tertiary/aromatic N) is 3. The van der Waals surface area contributed by atoms with Crippen molar-refractivity contribution < 1.29 is 18.8 Å².